The van der Waals surface area contributed by atoms with Crippen molar-refractivity contribution in [2.75, 3.05) is 13.1 Å². The third-order valence-corrected chi connectivity index (χ3v) is 5.95. The van der Waals surface area contributed by atoms with Gasteiger partial charge in [0.2, 0.25) is 15.9 Å². The van der Waals surface area contributed by atoms with Gasteiger partial charge >= 0.3 is 0 Å². The molecule has 2 aromatic rings. The number of carbonyl (C=O) groups is 1. The zero-order chi connectivity index (χ0) is 18.2. The van der Waals surface area contributed by atoms with Crippen LogP contribution in [0.25, 0.3) is 0 Å². The van der Waals surface area contributed by atoms with Gasteiger partial charge in [0.15, 0.2) is 0 Å². The van der Waals surface area contributed by atoms with Crippen molar-refractivity contribution in [3.63, 3.8) is 0 Å². The summed E-state index contributed by atoms with van der Waals surface area (Å²) in [6, 6.07) is 7.48. The number of halogens is 2. The zero-order valence-electron chi connectivity index (χ0n) is 13.4. The van der Waals surface area contributed by atoms with Gasteiger partial charge in [0, 0.05) is 13.1 Å². The second-order valence-electron chi connectivity index (χ2n) is 5.77. The van der Waals surface area contributed by atoms with E-state index in [9.17, 15) is 22.0 Å². The van der Waals surface area contributed by atoms with Crippen LogP contribution in [0.15, 0.2) is 47.4 Å². The van der Waals surface area contributed by atoms with Crippen LogP contribution in [0.4, 0.5) is 8.78 Å². The Labute approximate surface area is 144 Å². The number of hydrogen-bond acceptors (Lipinski definition) is 3. The molecular weight excluding hydrogens is 350 g/mol. The van der Waals surface area contributed by atoms with Gasteiger partial charge < -0.3 is 5.32 Å². The van der Waals surface area contributed by atoms with Crippen molar-refractivity contribution in [2.24, 2.45) is 0 Å². The molecule has 1 atom stereocenters. The SMILES string of the molecule is Cc1cc(S(=O)(=O)N2CCNC(=O)C2c2ccc(F)cc2)ccc1F. The minimum Gasteiger partial charge on any atom is -0.353 e. The lowest BCUT2D eigenvalue weighted by Crippen LogP contribution is -2.52. The third-order valence-electron chi connectivity index (χ3n) is 4.09. The lowest BCUT2D eigenvalue weighted by atomic mass is 10.0. The number of aryl methyl sites for hydroxylation is 1. The molecule has 1 amide bonds. The number of nitrogens with one attached hydrogen (secondary N) is 1. The van der Waals surface area contributed by atoms with Crippen LogP contribution in [-0.2, 0) is 14.8 Å². The normalized spacial score (nSPS) is 18.8. The molecule has 8 heteroatoms. The fraction of sp³-hybridized carbons (Fsp3) is 0.235. The van der Waals surface area contributed by atoms with E-state index in [4.69, 9.17) is 0 Å². The van der Waals surface area contributed by atoms with Crippen LogP contribution in [0.3, 0.4) is 0 Å². The molecule has 0 aliphatic carbocycles. The van der Waals surface area contributed by atoms with E-state index in [1.807, 2.05) is 0 Å². The number of sulfonamides is 1. The molecule has 1 unspecified atom stereocenters. The number of hydrogen-bond donors (Lipinski definition) is 1. The van der Waals surface area contributed by atoms with Crippen LogP contribution in [-0.4, -0.2) is 31.7 Å². The van der Waals surface area contributed by atoms with Gasteiger partial charge in [-0.15, -0.1) is 0 Å². The fourth-order valence-electron chi connectivity index (χ4n) is 2.78. The molecule has 0 radical (unpaired) electrons. The quantitative estimate of drug-likeness (QED) is 0.905. The molecule has 1 fully saturated rings. The van der Waals surface area contributed by atoms with Gasteiger partial charge in [-0.1, -0.05) is 12.1 Å². The maximum atomic E-state index is 13.5. The summed E-state index contributed by atoms with van der Waals surface area (Å²) in [5.41, 5.74) is 0.557. The van der Waals surface area contributed by atoms with Crippen molar-refractivity contribution in [1.29, 1.82) is 0 Å². The van der Waals surface area contributed by atoms with E-state index in [1.54, 1.807) is 0 Å². The first-order chi connectivity index (χ1) is 11.8. The van der Waals surface area contributed by atoms with Crippen LogP contribution in [0, 0.1) is 18.6 Å². The van der Waals surface area contributed by atoms with Crippen molar-refractivity contribution >= 4 is 15.9 Å². The first-order valence-electron chi connectivity index (χ1n) is 7.62. The Kier molecular flexibility index (Phi) is 4.57. The molecular formula is C17H16F2N2O3S. The third kappa shape index (κ3) is 3.27. The van der Waals surface area contributed by atoms with Crippen LogP contribution in [0.1, 0.15) is 17.2 Å². The average Bonchev–Trinajstić information content (AvgIpc) is 2.58. The summed E-state index contributed by atoms with van der Waals surface area (Å²) in [5.74, 6) is -1.48. The molecule has 1 saturated heterocycles. The van der Waals surface area contributed by atoms with E-state index in [-0.39, 0.29) is 23.5 Å². The summed E-state index contributed by atoms with van der Waals surface area (Å²) in [4.78, 5) is 12.2. The molecule has 2 aromatic carbocycles. The molecule has 0 spiro atoms. The Hall–Kier alpha value is -2.32. The van der Waals surface area contributed by atoms with Gasteiger partial charge in [-0.25, -0.2) is 17.2 Å². The molecule has 1 aliphatic heterocycles. The summed E-state index contributed by atoms with van der Waals surface area (Å²) >= 11 is 0. The highest BCUT2D eigenvalue weighted by Crippen LogP contribution is 2.30. The molecule has 0 aromatic heterocycles. The molecule has 1 heterocycles. The standard InChI is InChI=1S/C17H16F2N2O3S/c1-11-10-14(6-7-15(11)19)25(23,24)21-9-8-20-17(22)16(21)12-2-4-13(18)5-3-12/h2-7,10,16H,8-9H2,1H3,(H,20,22). The van der Waals surface area contributed by atoms with Gasteiger partial charge in [0.05, 0.1) is 4.90 Å². The van der Waals surface area contributed by atoms with Crippen molar-refractivity contribution in [3.8, 4) is 0 Å². The molecule has 132 valence electrons. The number of piperazine rings is 1. The van der Waals surface area contributed by atoms with E-state index in [1.165, 1.54) is 43.3 Å². The van der Waals surface area contributed by atoms with Gasteiger partial charge in [0.1, 0.15) is 17.7 Å². The monoisotopic (exact) mass is 366 g/mol. The highest BCUT2D eigenvalue weighted by Gasteiger charge is 2.39. The Balaban J connectivity index is 2.06. The Bertz CT molecular complexity index is 914. The molecule has 1 N–H and O–H groups in total. The lowest BCUT2D eigenvalue weighted by molar-refractivity contribution is -0.126. The minimum atomic E-state index is -4.03. The number of carbonyl (C=O) groups excluding carboxylic acids is 1. The van der Waals surface area contributed by atoms with Crippen molar-refractivity contribution in [3.05, 3.63) is 65.2 Å². The van der Waals surface area contributed by atoms with E-state index >= 15 is 0 Å². The van der Waals surface area contributed by atoms with Crippen LogP contribution in [0.2, 0.25) is 0 Å². The highest BCUT2D eigenvalue weighted by molar-refractivity contribution is 7.89. The predicted molar refractivity (Wildman–Crippen MR) is 87.2 cm³/mol. The molecule has 25 heavy (non-hydrogen) atoms. The van der Waals surface area contributed by atoms with Crippen LogP contribution in [0.5, 0.6) is 0 Å². The van der Waals surface area contributed by atoms with Crippen molar-refractivity contribution in [1.82, 2.24) is 9.62 Å². The van der Waals surface area contributed by atoms with Gasteiger partial charge in [-0.05, 0) is 48.4 Å². The Morgan fingerprint density at radius 3 is 2.44 bits per heavy atom. The second kappa shape index (κ2) is 6.53. The summed E-state index contributed by atoms with van der Waals surface area (Å²) in [5, 5.41) is 2.62. The van der Waals surface area contributed by atoms with Crippen LogP contribution < -0.4 is 5.32 Å². The lowest BCUT2D eigenvalue weighted by Gasteiger charge is -2.34. The summed E-state index contributed by atoms with van der Waals surface area (Å²) < 4.78 is 53.7. The Morgan fingerprint density at radius 1 is 1.12 bits per heavy atom. The van der Waals surface area contributed by atoms with Crippen molar-refractivity contribution < 1.29 is 22.0 Å². The molecule has 1 aliphatic rings. The Morgan fingerprint density at radius 2 is 1.80 bits per heavy atom. The van der Waals surface area contributed by atoms with Gasteiger partial charge in [0.25, 0.3) is 0 Å². The van der Waals surface area contributed by atoms with E-state index in [0.29, 0.717) is 5.56 Å². The van der Waals surface area contributed by atoms with Crippen LogP contribution >= 0.6 is 0 Å². The van der Waals surface area contributed by atoms with E-state index < -0.39 is 33.6 Å². The molecule has 0 bridgehead atoms. The highest BCUT2D eigenvalue weighted by atomic mass is 32.2. The average molecular weight is 366 g/mol. The number of nitrogens with zero attached hydrogens (tertiary/aromatic N) is 1. The zero-order valence-corrected chi connectivity index (χ0v) is 14.2. The van der Waals surface area contributed by atoms with E-state index in [2.05, 4.69) is 5.32 Å². The first-order valence-corrected chi connectivity index (χ1v) is 9.06. The first kappa shape index (κ1) is 17.5. The summed E-state index contributed by atoms with van der Waals surface area (Å²) in [6.45, 7) is 1.69. The molecule has 3 rings (SSSR count). The van der Waals surface area contributed by atoms with Crippen molar-refractivity contribution in [2.45, 2.75) is 17.9 Å². The molecule has 0 saturated carbocycles. The summed E-state index contributed by atoms with van der Waals surface area (Å²) in [6.07, 6.45) is 0. The second-order valence-corrected chi connectivity index (χ2v) is 7.66. The number of benzene rings is 2. The minimum absolute atomic E-state index is 0.0620. The topological polar surface area (TPSA) is 66.5 Å². The predicted octanol–water partition coefficient (Wildman–Crippen LogP) is 2.14. The van der Waals surface area contributed by atoms with E-state index in [0.717, 1.165) is 10.4 Å². The van der Waals surface area contributed by atoms with Gasteiger partial charge in [-0.2, -0.15) is 4.31 Å². The maximum Gasteiger partial charge on any atom is 0.244 e. The summed E-state index contributed by atoms with van der Waals surface area (Å²) in [7, 11) is -4.03. The largest absolute Gasteiger partial charge is 0.353 e. The van der Waals surface area contributed by atoms with Gasteiger partial charge in [-0.3, -0.25) is 4.79 Å². The smallest absolute Gasteiger partial charge is 0.244 e. The fourth-order valence-corrected chi connectivity index (χ4v) is 4.44. The number of rotatable bonds is 3. The number of amides is 1. The maximum absolute atomic E-state index is 13.5. The molecule has 5 nitrogen and oxygen atoms in total.